The Balaban J connectivity index is 1.45. The molecule has 0 radical (unpaired) electrons. The van der Waals surface area contributed by atoms with Crippen molar-refractivity contribution in [3.05, 3.63) is 57.0 Å². The summed E-state index contributed by atoms with van der Waals surface area (Å²) < 4.78 is 13.9. The maximum absolute atomic E-state index is 13.9. The van der Waals surface area contributed by atoms with E-state index in [0.29, 0.717) is 36.8 Å². The summed E-state index contributed by atoms with van der Waals surface area (Å²) in [5.74, 6) is -1.34. The van der Waals surface area contributed by atoms with E-state index in [1.807, 2.05) is 5.38 Å². The molecule has 2 aromatic rings. The Bertz CT molecular complexity index is 867. The summed E-state index contributed by atoms with van der Waals surface area (Å²) in [6.45, 7) is 1.62. The highest BCUT2D eigenvalue weighted by atomic mass is 35.5. The summed E-state index contributed by atoms with van der Waals surface area (Å²) in [6, 6.07) is 5.59. The number of halogens is 2. The van der Waals surface area contributed by atoms with Crippen LogP contribution in [-0.4, -0.2) is 60.2 Å². The van der Waals surface area contributed by atoms with Crippen molar-refractivity contribution < 1.29 is 18.8 Å². The fraction of sp³-hybridized carbons (Fsp3) is 0.316. The molecule has 0 bridgehead atoms. The highest BCUT2D eigenvalue weighted by Crippen LogP contribution is 2.18. The van der Waals surface area contributed by atoms with E-state index in [2.05, 4.69) is 5.32 Å². The third kappa shape index (κ3) is 4.88. The Kier molecular flexibility index (Phi) is 6.64. The molecule has 1 N–H and O–H groups in total. The molecule has 0 spiro atoms. The van der Waals surface area contributed by atoms with Gasteiger partial charge in [0.2, 0.25) is 5.91 Å². The second-order valence-electron chi connectivity index (χ2n) is 6.32. The topological polar surface area (TPSA) is 69.7 Å². The number of nitrogens with one attached hydrogen (secondary N) is 1. The average Bonchev–Trinajstić information content (AvgIpc) is 3.24. The van der Waals surface area contributed by atoms with Gasteiger partial charge in [-0.3, -0.25) is 14.4 Å². The lowest BCUT2D eigenvalue weighted by atomic mass is 10.1. The third-order valence-corrected chi connectivity index (χ3v) is 5.40. The summed E-state index contributed by atoms with van der Waals surface area (Å²) >= 11 is 7.28. The van der Waals surface area contributed by atoms with E-state index < -0.39 is 11.7 Å². The highest BCUT2D eigenvalue weighted by Gasteiger charge is 2.26. The minimum Gasteiger partial charge on any atom is -0.351 e. The molecule has 1 aromatic carbocycles. The van der Waals surface area contributed by atoms with Crippen molar-refractivity contribution in [3.63, 3.8) is 0 Å². The van der Waals surface area contributed by atoms with Gasteiger partial charge in [-0.05, 0) is 29.6 Å². The summed E-state index contributed by atoms with van der Waals surface area (Å²) in [6.07, 6.45) is 0.187. The lowest BCUT2D eigenvalue weighted by molar-refractivity contribution is -0.132. The number of piperazine rings is 1. The van der Waals surface area contributed by atoms with Gasteiger partial charge in [0.15, 0.2) is 0 Å². The van der Waals surface area contributed by atoms with Crippen LogP contribution in [0.5, 0.6) is 0 Å². The number of amides is 3. The van der Waals surface area contributed by atoms with Crippen LogP contribution < -0.4 is 5.32 Å². The molecule has 0 aliphatic carbocycles. The van der Waals surface area contributed by atoms with Crippen LogP contribution in [0.1, 0.15) is 27.1 Å². The van der Waals surface area contributed by atoms with Gasteiger partial charge in [0.1, 0.15) is 5.82 Å². The number of benzene rings is 1. The normalized spacial score (nSPS) is 14.1. The van der Waals surface area contributed by atoms with Crippen LogP contribution in [0.15, 0.2) is 35.0 Å². The van der Waals surface area contributed by atoms with E-state index in [-0.39, 0.29) is 30.3 Å². The largest absolute Gasteiger partial charge is 0.351 e. The predicted molar refractivity (Wildman–Crippen MR) is 105 cm³/mol. The SMILES string of the molecule is O=C(NCCC(=O)N1CCN(C(=O)c2cc(Cl)ccc2F)CC1)c1ccsc1. The molecule has 0 unspecified atom stereocenters. The summed E-state index contributed by atoms with van der Waals surface area (Å²) in [4.78, 5) is 39.8. The molecule has 28 heavy (non-hydrogen) atoms. The quantitative estimate of drug-likeness (QED) is 0.803. The molecule has 3 amide bonds. The Morgan fingerprint density at radius 1 is 1.11 bits per heavy atom. The molecule has 1 saturated heterocycles. The first kappa shape index (κ1) is 20.3. The first-order valence-electron chi connectivity index (χ1n) is 8.78. The fourth-order valence-electron chi connectivity index (χ4n) is 2.93. The number of hydrogen-bond donors (Lipinski definition) is 1. The van der Waals surface area contributed by atoms with Crippen molar-refractivity contribution in [1.29, 1.82) is 0 Å². The maximum Gasteiger partial charge on any atom is 0.257 e. The van der Waals surface area contributed by atoms with Crippen molar-refractivity contribution in [2.75, 3.05) is 32.7 Å². The second-order valence-corrected chi connectivity index (χ2v) is 7.53. The Labute approximate surface area is 170 Å². The predicted octanol–water partition coefficient (Wildman–Crippen LogP) is 2.65. The first-order chi connectivity index (χ1) is 13.5. The Morgan fingerprint density at radius 3 is 2.50 bits per heavy atom. The molecule has 1 fully saturated rings. The maximum atomic E-state index is 13.9. The summed E-state index contributed by atoms with van der Waals surface area (Å²) in [5, 5.41) is 6.57. The molecule has 3 rings (SSSR count). The van der Waals surface area contributed by atoms with E-state index >= 15 is 0 Å². The molecule has 6 nitrogen and oxygen atoms in total. The second kappa shape index (κ2) is 9.16. The van der Waals surface area contributed by atoms with Gasteiger partial charge in [0, 0.05) is 55.1 Å². The van der Waals surface area contributed by atoms with Crippen molar-refractivity contribution in [3.8, 4) is 0 Å². The molecule has 9 heteroatoms. The molecule has 0 atom stereocenters. The van der Waals surface area contributed by atoms with Crippen molar-refractivity contribution in [2.24, 2.45) is 0 Å². The summed E-state index contributed by atoms with van der Waals surface area (Å²) in [5.41, 5.74) is 0.515. The number of hydrogen-bond acceptors (Lipinski definition) is 4. The molecule has 2 heterocycles. The standard InChI is InChI=1S/C19H19ClFN3O3S/c20-14-1-2-16(21)15(11-14)19(27)24-8-6-23(7-9-24)17(25)3-5-22-18(26)13-4-10-28-12-13/h1-2,4,10-12H,3,5-9H2,(H,22,26). The number of thiophene rings is 1. The van der Waals surface area contributed by atoms with Crippen LogP contribution in [0, 0.1) is 5.82 Å². The van der Waals surface area contributed by atoms with Gasteiger partial charge in [0.05, 0.1) is 5.56 Å². The molecule has 1 aromatic heterocycles. The van der Waals surface area contributed by atoms with Gasteiger partial charge in [-0.25, -0.2) is 4.39 Å². The van der Waals surface area contributed by atoms with Crippen LogP contribution in [0.3, 0.4) is 0 Å². The van der Waals surface area contributed by atoms with Crippen LogP contribution in [0.25, 0.3) is 0 Å². The molecular weight excluding hydrogens is 405 g/mol. The third-order valence-electron chi connectivity index (χ3n) is 4.49. The minimum atomic E-state index is -0.616. The lowest BCUT2D eigenvalue weighted by Crippen LogP contribution is -2.51. The smallest absolute Gasteiger partial charge is 0.257 e. The van der Waals surface area contributed by atoms with Crippen LogP contribution in [0.2, 0.25) is 5.02 Å². The van der Waals surface area contributed by atoms with Gasteiger partial charge < -0.3 is 15.1 Å². The number of carbonyl (C=O) groups excluding carboxylic acids is 3. The van der Waals surface area contributed by atoms with Crippen molar-refractivity contribution >= 4 is 40.7 Å². The summed E-state index contributed by atoms with van der Waals surface area (Å²) in [7, 11) is 0. The Morgan fingerprint density at radius 2 is 1.82 bits per heavy atom. The fourth-order valence-corrected chi connectivity index (χ4v) is 3.74. The number of carbonyl (C=O) groups is 3. The van der Waals surface area contributed by atoms with Gasteiger partial charge in [-0.2, -0.15) is 11.3 Å². The average molecular weight is 424 g/mol. The van der Waals surface area contributed by atoms with Crippen LogP contribution in [-0.2, 0) is 4.79 Å². The van der Waals surface area contributed by atoms with E-state index in [1.54, 1.807) is 16.3 Å². The van der Waals surface area contributed by atoms with Gasteiger partial charge in [-0.15, -0.1) is 0 Å². The number of rotatable bonds is 5. The first-order valence-corrected chi connectivity index (χ1v) is 10.1. The van der Waals surface area contributed by atoms with Crippen molar-refractivity contribution in [2.45, 2.75) is 6.42 Å². The highest BCUT2D eigenvalue weighted by molar-refractivity contribution is 7.08. The Hall–Kier alpha value is -2.45. The van der Waals surface area contributed by atoms with E-state index in [9.17, 15) is 18.8 Å². The molecular formula is C19H19ClFN3O3S. The van der Waals surface area contributed by atoms with Gasteiger partial charge in [-0.1, -0.05) is 11.6 Å². The van der Waals surface area contributed by atoms with Crippen LogP contribution >= 0.6 is 22.9 Å². The molecule has 1 aliphatic heterocycles. The monoisotopic (exact) mass is 423 g/mol. The van der Waals surface area contributed by atoms with E-state index in [1.165, 1.54) is 34.4 Å². The number of nitrogens with zero attached hydrogens (tertiary/aromatic N) is 2. The lowest BCUT2D eigenvalue weighted by Gasteiger charge is -2.35. The molecule has 148 valence electrons. The van der Waals surface area contributed by atoms with Crippen LogP contribution in [0.4, 0.5) is 4.39 Å². The zero-order chi connectivity index (χ0) is 20.1. The van der Waals surface area contributed by atoms with Crippen molar-refractivity contribution in [1.82, 2.24) is 15.1 Å². The van der Waals surface area contributed by atoms with Gasteiger partial charge >= 0.3 is 0 Å². The zero-order valence-electron chi connectivity index (χ0n) is 15.0. The molecule has 0 saturated carbocycles. The zero-order valence-corrected chi connectivity index (χ0v) is 16.6. The van der Waals surface area contributed by atoms with E-state index in [0.717, 1.165) is 0 Å². The van der Waals surface area contributed by atoms with E-state index in [4.69, 9.17) is 11.6 Å². The van der Waals surface area contributed by atoms with Gasteiger partial charge in [0.25, 0.3) is 11.8 Å². The molecule has 1 aliphatic rings. The minimum absolute atomic E-state index is 0.0663.